The van der Waals surface area contributed by atoms with Gasteiger partial charge in [0.25, 0.3) is 0 Å². The predicted molar refractivity (Wildman–Crippen MR) is 122 cm³/mol. The van der Waals surface area contributed by atoms with Crippen molar-refractivity contribution in [3.05, 3.63) is 0 Å². The van der Waals surface area contributed by atoms with Crippen LogP contribution in [0.5, 0.6) is 0 Å². The van der Waals surface area contributed by atoms with Gasteiger partial charge in [0.1, 0.15) is 11.0 Å². The number of ether oxygens (including phenoxy) is 2. The maximum atomic E-state index is 9.44. The van der Waals surface area contributed by atoms with Gasteiger partial charge in [0.15, 0.2) is 11.6 Å². The topological polar surface area (TPSA) is 123 Å². The lowest BCUT2D eigenvalue weighted by Gasteiger charge is -2.32. The molecule has 0 saturated carbocycles. The molecule has 0 spiro atoms. The van der Waals surface area contributed by atoms with Gasteiger partial charge in [0.05, 0.1) is 39.6 Å². The van der Waals surface area contributed by atoms with Crippen LogP contribution in [-0.4, -0.2) is 123 Å². The fourth-order valence-corrected chi connectivity index (χ4v) is 3.80. The normalized spacial score (nSPS) is 17.1. The van der Waals surface area contributed by atoms with E-state index < -0.39 is 0 Å². The summed E-state index contributed by atoms with van der Waals surface area (Å²) in [6.45, 7) is 6.11. The van der Waals surface area contributed by atoms with Gasteiger partial charge in [-0.25, -0.2) is 9.97 Å². The molecule has 2 N–H and O–H groups in total. The molecule has 4 heterocycles. The van der Waals surface area contributed by atoms with Crippen LogP contribution in [0.15, 0.2) is 0 Å². The van der Waals surface area contributed by atoms with Gasteiger partial charge in [-0.2, -0.15) is 9.97 Å². The van der Waals surface area contributed by atoms with Crippen LogP contribution in [0.25, 0.3) is 11.0 Å². The molecular weight excluding hydrogens is 416 g/mol. The lowest BCUT2D eigenvalue weighted by Crippen LogP contribution is -2.39. The van der Waals surface area contributed by atoms with E-state index in [0.29, 0.717) is 88.6 Å². The van der Waals surface area contributed by atoms with E-state index in [2.05, 4.69) is 9.80 Å². The van der Waals surface area contributed by atoms with Crippen molar-refractivity contribution < 1.29 is 19.7 Å². The van der Waals surface area contributed by atoms with Crippen molar-refractivity contribution in [2.75, 3.05) is 113 Å². The fraction of sp³-hybridized carbons (Fsp3) is 0.700. The SMILES string of the molecule is CN(CCO)c1nc(N2CCOCC2)c2nc(N(C)CCO)nc(N3CCOCC3)c2n1. The molecule has 0 bridgehead atoms. The summed E-state index contributed by atoms with van der Waals surface area (Å²) in [6.07, 6.45) is 0. The summed E-state index contributed by atoms with van der Waals surface area (Å²) < 4.78 is 11.1. The van der Waals surface area contributed by atoms with E-state index in [4.69, 9.17) is 29.4 Å². The van der Waals surface area contributed by atoms with Crippen molar-refractivity contribution in [1.29, 1.82) is 0 Å². The molecule has 2 saturated heterocycles. The molecule has 12 heteroatoms. The molecule has 0 aromatic carbocycles. The Kier molecular flexibility index (Phi) is 7.35. The highest BCUT2D eigenvalue weighted by atomic mass is 16.5. The number of aliphatic hydroxyl groups is 2. The Morgan fingerprint density at radius 3 is 1.41 bits per heavy atom. The monoisotopic (exact) mass is 448 g/mol. The number of anilines is 4. The third-order valence-corrected chi connectivity index (χ3v) is 5.66. The van der Waals surface area contributed by atoms with Crippen LogP contribution in [0.1, 0.15) is 0 Å². The summed E-state index contributed by atoms with van der Waals surface area (Å²) in [7, 11) is 3.72. The molecule has 176 valence electrons. The minimum absolute atomic E-state index is 0.00248. The van der Waals surface area contributed by atoms with E-state index in [-0.39, 0.29) is 13.2 Å². The maximum absolute atomic E-state index is 9.44. The Balaban J connectivity index is 1.92. The van der Waals surface area contributed by atoms with Crippen LogP contribution in [0.4, 0.5) is 23.5 Å². The first-order valence-corrected chi connectivity index (χ1v) is 11.0. The van der Waals surface area contributed by atoms with E-state index in [0.717, 1.165) is 11.6 Å². The van der Waals surface area contributed by atoms with Gasteiger partial charge >= 0.3 is 0 Å². The summed E-state index contributed by atoms with van der Waals surface area (Å²) in [5, 5.41) is 18.9. The highest BCUT2D eigenvalue weighted by Crippen LogP contribution is 2.33. The Bertz CT molecular complexity index is 832. The molecule has 2 aliphatic rings. The van der Waals surface area contributed by atoms with Crippen LogP contribution < -0.4 is 19.6 Å². The molecule has 4 rings (SSSR count). The summed E-state index contributed by atoms with van der Waals surface area (Å²) in [6, 6.07) is 0. The van der Waals surface area contributed by atoms with E-state index >= 15 is 0 Å². The van der Waals surface area contributed by atoms with Crippen LogP contribution >= 0.6 is 0 Å². The number of morpholine rings is 2. The summed E-state index contributed by atoms with van der Waals surface area (Å²) in [5.74, 6) is 2.49. The Morgan fingerprint density at radius 2 is 1.06 bits per heavy atom. The second kappa shape index (κ2) is 10.4. The van der Waals surface area contributed by atoms with E-state index in [1.807, 2.05) is 23.9 Å². The standard InChI is InChI=1S/C20H32N8O4/c1-25(3-9-29)19-21-15-16(17(23-19)27-5-11-31-12-6-27)22-20(26(2)4-10-30)24-18(15)28-7-13-32-14-8-28/h29-30H,3-14H2,1-2H3. The van der Waals surface area contributed by atoms with Crippen molar-refractivity contribution in [2.24, 2.45) is 0 Å². The molecule has 2 aliphatic heterocycles. The predicted octanol–water partition coefficient (Wildman–Crippen LogP) is -1.05. The Hall–Kier alpha value is -2.54. The second-order valence-corrected chi connectivity index (χ2v) is 7.88. The summed E-state index contributed by atoms with van der Waals surface area (Å²) in [4.78, 5) is 27.4. The molecule has 2 aromatic heterocycles. The zero-order valence-corrected chi connectivity index (χ0v) is 18.8. The number of fused-ring (bicyclic) bond motifs is 1. The number of hydrogen-bond acceptors (Lipinski definition) is 12. The molecule has 2 aromatic rings. The lowest BCUT2D eigenvalue weighted by molar-refractivity contribution is 0.122. The van der Waals surface area contributed by atoms with Gasteiger partial charge in [-0.3, -0.25) is 0 Å². The molecule has 0 unspecified atom stereocenters. The first kappa shape index (κ1) is 22.6. The minimum Gasteiger partial charge on any atom is -0.395 e. The van der Waals surface area contributed by atoms with Gasteiger partial charge in [0, 0.05) is 53.4 Å². The zero-order valence-electron chi connectivity index (χ0n) is 18.8. The molecule has 0 atom stereocenters. The Labute approximate surface area is 187 Å². The van der Waals surface area contributed by atoms with Gasteiger partial charge in [-0.1, -0.05) is 0 Å². The smallest absolute Gasteiger partial charge is 0.227 e. The van der Waals surface area contributed by atoms with Crippen LogP contribution in [-0.2, 0) is 9.47 Å². The number of hydrogen-bond donors (Lipinski definition) is 2. The maximum Gasteiger partial charge on any atom is 0.227 e. The summed E-state index contributed by atoms with van der Waals surface area (Å²) >= 11 is 0. The second-order valence-electron chi connectivity index (χ2n) is 7.88. The first-order valence-electron chi connectivity index (χ1n) is 11.0. The first-order chi connectivity index (χ1) is 15.6. The fourth-order valence-electron chi connectivity index (χ4n) is 3.80. The average molecular weight is 449 g/mol. The van der Waals surface area contributed by atoms with Crippen molar-refractivity contribution >= 4 is 34.6 Å². The van der Waals surface area contributed by atoms with Gasteiger partial charge < -0.3 is 39.3 Å². The van der Waals surface area contributed by atoms with Gasteiger partial charge in [-0.05, 0) is 0 Å². The van der Waals surface area contributed by atoms with E-state index in [1.165, 1.54) is 0 Å². The van der Waals surface area contributed by atoms with E-state index in [1.54, 1.807) is 0 Å². The average Bonchev–Trinajstić information content (AvgIpc) is 2.84. The minimum atomic E-state index is 0.00248. The highest BCUT2D eigenvalue weighted by molar-refractivity contribution is 5.95. The molecule has 2 fully saturated rings. The third-order valence-electron chi connectivity index (χ3n) is 5.66. The molecule has 0 amide bonds. The molecule has 12 nitrogen and oxygen atoms in total. The largest absolute Gasteiger partial charge is 0.395 e. The van der Waals surface area contributed by atoms with Gasteiger partial charge in [-0.15, -0.1) is 0 Å². The lowest BCUT2D eigenvalue weighted by atomic mass is 10.3. The molecule has 0 radical (unpaired) electrons. The van der Waals surface area contributed by atoms with Crippen molar-refractivity contribution in [1.82, 2.24) is 19.9 Å². The van der Waals surface area contributed by atoms with Crippen molar-refractivity contribution in [3.63, 3.8) is 0 Å². The number of aromatic nitrogens is 4. The zero-order chi connectivity index (χ0) is 22.5. The van der Waals surface area contributed by atoms with Crippen LogP contribution in [0, 0.1) is 0 Å². The van der Waals surface area contributed by atoms with Gasteiger partial charge in [0.2, 0.25) is 11.9 Å². The number of nitrogens with zero attached hydrogens (tertiary/aromatic N) is 8. The van der Waals surface area contributed by atoms with Crippen LogP contribution in [0.2, 0.25) is 0 Å². The van der Waals surface area contributed by atoms with E-state index in [9.17, 15) is 10.2 Å². The molecule has 32 heavy (non-hydrogen) atoms. The third kappa shape index (κ3) is 4.77. The molecular formula is C20H32N8O4. The number of rotatable bonds is 8. The molecule has 0 aliphatic carbocycles. The summed E-state index contributed by atoms with van der Waals surface area (Å²) in [5.41, 5.74) is 1.34. The van der Waals surface area contributed by atoms with Crippen molar-refractivity contribution in [3.8, 4) is 0 Å². The number of aliphatic hydroxyl groups excluding tert-OH is 2. The number of likely N-dealkylation sites (N-methyl/N-ethyl adjacent to an activating group) is 2. The quantitative estimate of drug-likeness (QED) is 0.512. The van der Waals surface area contributed by atoms with Crippen LogP contribution in [0.3, 0.4) is 0 Å². The Morgan fingerprint density at radius 1 is 0.688 bits per heavy atom. The highest BCUT2D eigenvalue weighted by Gasteiger charge is 2.26. The van der Waals surface area contributed by atoms with Crippen molar-refractivity contribution in [2.45, 2.75) is 0 Å².